The van der Waals surface area contributed by atoms with Gasteiger partial charge in [-0.1, -0.05) is 6.08 Å². The van der Waals surface area contributed by atoms with E-state index in [1.54, 1.807) is 0 Å². The number of rotatable bonds is 6. The lowest BCUT2D eigenvalue weighted by Crippen LogP contribution is -2.29. The number of carboxylic acids is 1. The Morgan fingerprint density at radius 1 is 1.62 bits per heavy atom. The van der Waals surface area contributed by atoms with E-state index in [1.165, 1.54) is 6.08 Å². The molecule has 0 saturated carbocycles. The zero-order valence-electron chi connectivity index (χ0n) is 10.4. The number of anilines is 1. The highest BCUT2D eigenvalue weighted by Gasteiger charge is 2.35. The van der Waals surface area contributed by atoms with Crippen LogP contribution in [0.2, 0.25) is 0 Å². The third kappa shape index (κ3) is 4.16. The quantitative estimate of drug-likeness (QED) is 0.475. The van der Waals surface area contributed by atoms with Gasteiger partial charge in [-0.25, -0.2) is 9.78 Å². The molecule has 0 aliphatic rings. The van der Waals surface area contributed by atoms with Crippen LogP contribution < -0.4 is 5.32 Å². The van der Waals surface area contributed by atoms with Crippen molar-refractivity contribution >= 4 is 17.3 Å². The van der Waals surface area contributed by atoms with Gasteiger partial charge in [0.25, 0.3) is 0 Å². The fraction of sp³-hybridized carbons (Fsp3) is 0.273. The molecule has 0 aromatic carbocycles. The average Bonchev–Trinajstić information content (AvgIpc) is 2.36. The Bertz CT molecular complexity index is 574. The van der Waals surface area contributed by atoms with Crippen molar-refractivity contribution in [2.45, 2.75) is 18.6 Å². The first-order valence-corrected chi connectivity index (χ1v) is 5.48. The van der Waals surface area contributed by atoms with Gasteiger partial charge >= 0.3 is 17.8 Å². The van der Waals surface area contributed by atoms with Crippen molar-refractivity contribution in [2.75, 3.05) is 5.32 Å². The van der Waals surface area contributed by atoms with E-state index in [9.17, 15) is 28.1 Å². The number of carbonyl (C=O) groups is 1. The summed E-state index contributed by atoms with van der Waals surface area (Å²) in [5, 5.41) is 21.9. The van der Waals surface area contributed by atoms with E-state index in [4.69, 9.17) is 5.11 Å². The van der Waals surface area contributed by atoms with Crippen molar-refractivity contribution < 1.29 is 28.0 Å². The molecular formula is C11H10F3N3O4. The van der Waals surface area contributed by atoms with Crippen molar-refractivity contribution in [3.63, 3.8) is 0 Å². The lowest BCUT2D eigenvalue weighted by atomic mass is 10.2. The first-order valence-electron chi connectivity index (χ1n) is 5.48. The van der Waals surface area contributed by atoms with Crippen LogP contribution in [0.1, 0.15) is 12.1 Å². The largest absolute Gasteiger partial charge is 0.480 e. The summed E-state index contributed by atoms with van der Waals surface area (Å²) in [6.45, 7) is 3.31. The molecule has 1 rings (SSSR count). The van der Waals surface area contributed by atoms with E-state index < -0.39 is 40.2 Å². The minimum Gasteiger partial charge on any atom is -0.480 e. The molecule has 0 spiro atoms. The van der Waals surface area contributed by atoms with E-state index in [0.29, 0.717) is 12.3 Å². The van der Waals surface area contributed by atoms with Crippen LogP contribution >= 0.6 is 0 Å². The summed E-state index contributed by atoms with van der Waals surface area (Å²) in [6, 6.07) is -0.943. The summed E-state index contributed by atoms with van der Waals surface area (Å²) in [5.74, 6) is -1.38. The monoisotopic (exact) mass is 305 g/mol. The number of aromatic nitrogens is 1. The Hall–Kier alpha value is -2.65. The fourth-order valence-corrected chi connectivity index (χ4v) is 1.44. The molecule has 21 heavy (non-hydrogen) atoms. The van der Waals surface area contributed by atoms with Gasteiger partial charge in [0, 0.05) is 0 Å². The minimum atomic E-state index is -4.80. The number of alkyl halides is 3. The first kappa shape index (κ1) is 16.4. The predicted octanol–water partition coefficient (Wildman–Crippen LogP) is 2.45. The number of nitro groups is 1. The standard InChI is InChI=1S/C11H10F3N3O4/c1-2-3-6(10(18)19)16-7-4-9(11(12,13)14)15-5-8(7)17(20)21/h2,4-6H,1,3H2,(H,15,16)(H,18,19). The number of nitrogens with zero attached hydrogens (tertiary/aromatic N) is 2. The molecule has 1 aromatic rings. The highest BCUT2D eigenvalue weighted by molar-refractivity contribution is 5.79. The molecule has 0 fully saturated rings. The van der Waals surface area contributed by atoms with Crippen LogP contribution in [-0.4, -0.2) is 27.0 Å². The molecule has 1 heterocycles. The van der Waals surface area contributed by atoms with Crippen molar-refractivity contribution in [1.29, 1.82) is 0 Å². The topological polar surface area (TPSA) is 105 Å². The van der Waals surface area contributed by atoms with Gasteiger partial charge in [0.05, 0.1) is 4.92 Å². The van der Waals surface area contributed by atoms with Gasteiger partial charge in [-0.05, 0) is 12.5 Å². The average molecular weight is 305 g/mol. The molecule has 0 bridgehead atoms. The van der Waals surface area contributed by atoms with Gasteiger partial charge in [-0.2, -0.15) is 13.2 Å². The summed E-state index contributed by atoms with van der Waals surface area (Å²) in [5.41, 5.74) is -2.69. The Balaban J connectivity index is 3.26. The van der Waals surface area contributed by atoms with E-state index in [0.717, 1.165) is 0 Å². The summed E-state index contributed by atoms with van der Waals surface area (Å²) < 4.78 is 37.7. The maximum absolute atomic E-state index is 12.6. The number of halogens is 3. The minimum absolute atomic E-state index is 0.129. The van der Waals surface area contributed by atoms with Crippen molar-refractivity contribution in [3.05, 3.63) is 40.7 Å². The number of pyridine rings is 1. The number of carboxylic acid groups (broad SMARTS) is 1. The lowest BCUT2D eigenvalue weighted by Gasteiger charge is -2.15. The van der Waals surface area contributed by atoms with Gasteiger partial charge in [-0.15, -0.1) is 6.58 Å². The van der Waals surface area contributed by atoms with Gasteiger partial charge in [0.2, 0.25) is 0 Å². The van der Waals surface area contributed by atoms with Crippen LogP contribution in [0, 0.1) is 10.1 Å². The van der Waals surface area contributed by atoms with E-state index >= 15 is 0 Å². The van der Waals surface area contributed by atoms with Gasteiger partial charge in [0.15, 0.2) is 0 Å². The first-order chi connectivity index (χ1) is 9.66. The van der Waals surface area contributed by atoms with E-state index in [1.807, 2.05) is 0 Å². The maximum Gasteiger partial charge on any atom is 0.433 e. The number of aliphatic carboxylic acids is 1. The van der Waals surface area contributed by atoms with Gasteiger partial charge < -0.3 is 10.4 Å². The molecule has 1 atom stereocenters. The summed E-state index contributed by atoms with van der Waals surface area (Å²) in [4.78, 5) is 23.7. The van der Waals surface area contributed by atoms with Crippen LogP contribution in [0.25, 0.3) is 0 Å². The fourth-order valence-electron chi connectivity index (χ4n) is 1.44. The zero-order chi connectivity index (χ0) is 16.2. The molecule has 0 amide bonds. The van der Waals surface area contributed by atoms with Crippen LogP contribution in [0.3, 0.4) is 0 Å². The zero-order valence-corrected chi connectivity index (χ0v) is 10.4. The molecule has 0 aliphatic heterocycles. The highest BCUT2D eigenvalue weighted by atomic mass is 19.4. The van der Waals surface area contributed by atoms with Crippen LogP contribution in [0.15, 0.2) is 24.9 Å². The van der Waals surface area contributed by atoms with Crippen LogP contribution in [0.4, 0.5) is 24.5 Å². The Morgan fingerprint density at radius 2 is 2.24 bits per heavy atom. The molecule has 1 aromatic heterocycles. The van der Waals surface area contributed by atoms with Crippen molar-refractivity contribution in [3.8, 4) is 0 Å². The Labute approximate surface area is 116 Å². The number of nitrogens with one attached hydrogen (secondary N) is 1. The van der Waals surface area contributed by atoms with Crippen LogP contribution in [-0.2, 0) is 11.0 Å². The van der Waals surface area contributed by atoms with E-state index in [-0.39, 0.29) is 6.42 Å². The molecule has 0 radical (unpaired) electrons. The normalized spacial score (nSPS) is 12.5. The molecular weight excluding hydrogens is 295 g/mol. The third-order valence-electron chi connectivity index (χ3n) is 2.40. The second-order valence-corrected chi connectivity index (χ2v) is 3.90. The Morgan fingerprint density at radius 3 is 2.67 bits per heavy atom. The molecule has 2 N–H and O–H groups in total. The Kier molecular flexibility index (Phi) is 4.84. The highest BCUT2D eigenvalue weighted by Crippen LogP contribution is 2.33. The number of hydrogen-bond acceptors (Lipinski definition) is 5. The third-order valence-corrected chi connectivity index (χ3v) is 2.40. The SMILES string of the molecule is C=CCC(Nc1cc(C(F)(F)F)ncc1[N+](=O)[O-])C(=O)O. The second-order valence-electron chi connectivity index (χ2n) is 3.90. The molecule has 114 valence electrons. The summed E-state index contributed by atoms with van der Waals surface area (Å²) in [6.07, 6.45) is -3.28. The number of hydrogen-bond donors (Lipinski definition) is 2. The molecule has 7 nitrogen and oxygen atoms in total. The molecule has 10 heteroatoms. The summed E-state index contributed by atoms with van der Waals surface area (Å²) >= 11 is 0. The van der Waals surface area contributed by atoms with E-state index in [2.05, 4.69) is 16.9 Å². The molecule has 0 saturated heterocycles. The lowest BCUT2D eigenvalue weighted by molar-refractivity contribution is -0.384. The maximum atomic E-state index is 12.6. The predicted molar refractivity (Wildman–Crippen MR) is 65.8 cm³/mol. The van der Waals surface area contributed by atoms with Gasteiger partial charge in [0.1, 0.15) is 23.6 Å². The van der Waals surface area contributed by atoms with Gasteiger partial charge in [-0.3, -0.25) is 10.1 Å². The second kappa shape index (κ2) is 6.20. The molecule has 0 aliphatic carbocycles. The van der Waals surface area contributed by atoms with Crippen molar-refractivity contribution in [2.24, 2.45) is 0 Å². The van der Waals surface area contributed by atoms with Crippen LogP contribution in [0.5, 0.6) is 0 Å². The summed E-state index contributed by atoms with van der Waals surface area (Å²) in [7, 11) is 0. The molecule has 1 unspecified atom stereocenters. The smallest absolute Gasteiger partial charge is 0.433 e. The van der Waals surface area contributed by atoms with Crippen molar-refractivity contribution in [1.82, 2.24) is 4.98 Å².